The number of furan rings is 1. The zero-order valence-electron chi connectivity index (χ0n) is 44.3. The van der Waals surface area contributed by atoms with E-state index < -0.39 is 164 Å². The molecule has 228 valence electrons. The first kappa shape index (κ1) is 14.8. The highest BCUT2D eigenvalue weighted by Crippen LogP contribution is 2.47. The zero-order valence-corrected chi connectivity index (χ0v) is 25.3. The van der Waals surface area contributed by atoms with E-state index in [1.807, 2.05) is 48.5 Å². The van der Waals surface area contributed by atoms with Crippen LogP contribution in [0.4, 0.5) is 0 Å². The van der Waals surface area contributed by atoms with Crippen molar-refractivity contribution in [2.45, 2.75) is 0 Å². The highest BCUT2D eigenvalue weighted by atomic mass is 16.3. The Kier molecular flexibility index (Phi) is 3.34. The van der Waals surface area contributed by atoms with Crippen molar-refractivity contribution < 1.29 is 30.5 Å². The third-order valence-electron chi connectivity index (χ3n) is 8.75. The molecule has 0 radical (unpaired) electrons. The predicted octanol–water partition coefficient (Wildman–Crippen LogP) is 13.7. The Labute approximate surface area is 311 Å². The van der Waals surface area contributed by atoms with Gasteiger partial charge in [-0.05, 0) is 83.4 Å². The molecule has 0 saturated carbocycles. The maximum Gasteiger partial charge on any atom is 0.143 e. The summed E-state index contributed by atoms with van der Waals surface area (Å²) in [7, 11) is 0. The van der Waals surface area contributed by atoms with Gasteiger partial charge in [0.1, 0.15) is 11.2 Å². The maximum atomic E-state index is 9.87. The Morgan fingerprint density at radius 3 is 1.63 bits per heavy atom. The van der Waals surface area contributed by atoms with Crippen molar-refractivity contribution in [3.05, 3.63) is 182 Å². The lowest BCUT2D eigenvalue weighted by molar-refractivity contribution is 0.670. The minimum Gasteiger partial charge on any atom is -0.455 e. The lowest BCUT2D eigenvalue weighted by Crippen LogP contribution is -1.92. The highest BCUT2D eigenvalue weighted by Gasteiger charge is 2.19. The van der Waals surface area contributed by atoms with Gasteiger partial charge in [-0.3, -0.25) is 0 Å². The standard InChI is InChI=1S/C48H30O/c1-3-14-31(15-4-1)35-24-13-25-43-44-30-33(26-29-45(44)49-48(35)43)34-27-28-42(37-19-8-7-18-36(34)37)47-40-22-11-9-20-38(40)46(32-16-5-2-6-17-32)39-21-10-12-23-41(39)47/h1-30H/i2D,5D,6D,7D,8D,9D,10D,11D,12D,16D,17D,18D,19D,20D,21D,22D,23D,27D,28D. The fraction of sp³-hybridized carbons (Fsp3) is 0. The van der Waals surface area contributed by atoms with Crippen LogP contribution >= 0.6 is 0 Å². The molecule has 49 heavy (non-hydrogen) atoms. The normalized spacial score (nSPS) is 17.1. The molecule has 1 aromatic heterocycles. The van der Waals surface area contributed by atoms with Gasteiger partial charge in [0, 0.05) is 16.3 Å². The highest BCUT2D eigenvalue weighted by molar-refractivity contribution is 6.24. The Balaban J connectivity index is 1.44. The third kappa shape index (κ3) is 4.33. The number of fused-ring (bicyclic) bond motifs is 6. The molecule has 1 heterocycles. The summed E-state index contributed by atoms with van der Waals surface area (Å²) in [5.41, 5.74) is 0.519. The predicted molar refractivity (Wildman–Crippen MR) is 208 cm³/mol. The van der Waals surface area contributed by atoms with Crippen LogP contribution in [-0.4, -0.2) is 0 Å². The maximum absolute atomic E-state index is 9.87. The van der Waals surface area contributed by atoms with Gasteiger partial charge in [-0.15, -0.1) is 0 Å². The number of rotatable bonds is 4. The van der Waals surface area contributed by atoms with Crippen LogP contribution in [0.5, 0.6) is 0 Å². The second-order valence-electron chi connectivity index (χ2n) is 11.4. The van der Waals surface area contributed by atoms with Gasteiger partial charge in [-0.25, -0.2) is 0 Å². The van der Waals surface area contributed by atoms with Crippen molar-refractivity contribution in [1.29, 1.82) is 0 Å². The van der Waals surface area contributed by atoms with Gasteiger partial charge in [0.25, 0.3) is 0 Å². The van der Waals surface area contributed by atoms with Crippen molar-refractivity contribution in [3.8, 4) is 44.5 Å². The van der Waals surface area contributed by atoms with Crippen LogP contribution in [0.15, 0.2) is 186 Å². The molecule has 0 aliphatic carbocycles. The van der Waals surface area contributed by atoms with Gasteiger partial charge in [0.05, 0.1) is 26.0 Å². The summed E-state index contributed by atoms with van der Waals surface area (Å²) >= 11 is 0. The van der Waals surface area contributed by atoms with Gasteiger partial charge < -0.3 is 4.42 Å². The Bertz CT molecular complexity index is 3850. The summed E-state index contributed by atoms with van der Waals surface area (Å²) in [4.78, 5) is 0. The summed E-state index contributed by atoms with van der Waals surface area (Å²) in [5.74, 6) is 0. The van der Waals surface area contributed by atoms with Crippen molar-refractivity contribution in [1.82, 2.24) is 0 Å². The van der Waals surface area contributed by atoms with Gasteiger partial charge in [-0.2, -0.15) is 0 Å². The van der Waals surface area contributed by atoms with Crippen LogP contribution in [0.25, 0.3) is 98.8 Å². The van der Waals surface area contributed by atoms with E-state index >= 15 is 0 Å². The molecular weight excluding hydrogens is 593 g/mol. The molecule has 0 aliphatic rings. The number of hydrogen-bond acceptors (Lipinski definition) is 1. The lowest BCUT2D eigenvalue weighted by Gasteiger charge is -2.19. The van der Waals surface area contributed by atoms with E-state index in [-0.39, 0.29) is 16.5 Å². The molecule has 10 rings (SSSR count). The molecule has 0 N–H and O–H groups in total. The largest absolute Gasteiger partial charge is 0.455 e. The number of para-hydroxylation sites is 1. The van der Waals surface area contributed by atoms with Crippen LogP contribution in [0, 0.1) is 0 Å². The minimum absolute atomic E-state index is 0.121. The Morgan fingerprint density at radius 1 is 0.347 bits per heavy atom. The van der Waals surface area contributed by atoms with Crippen LogP contribution in [0.3, 0.4) is 0 Å². The van der Waals surface area contributed by atoms with E-state index in [1.54, 1.807) is 18.2 Å². The molecule has 1 nitrogen and oxygen atoms in total. The fourth-order valence-electron chi connectivity index (χ4n) is 6.64. The molecule has 0 spiro atoms. The molecule has 0 atom stereocenters. The first-order chi connectivity index (χ1) is 32.2. The zero-order chi connectivity index (χ0) is 48.8. The Morgan fingerprint density at radius 2 is 0.939 bits per heavy atom. The first-order valence-corrected chi connectivity index (χ1v) is 15.3. The van der Waals surface area contributed by atoms with E-state index in [9.17, 15) is 11.0 Å². The van der Waals surface area contributed by atoms with Crippen molar-refractivity contribution in [3.63, 3.8) is 0 Å². The van der Waals surface area contributed by atoms with Crippen LogP contribution in [0.1, 0.15) is 26.0 Å². The molecular formula is C48H30O. The smallest absolute Gasteiger partial charge is 0.143 e. The van der Waals surface area contributed by atoms with Crippen LogP contribution in [-0.2, 0) is 0 Å². The average molecular weight is 642 g/mol. The molecule has 0 saturated heterocycles. The fourth-order valence-corrected chi connectivity index (χ4v) is 6.64. The lowest BCUT2D eigenvalue weighted by atomic mass is 9.84. The Hall–Kier alpha value is -6.44. The summed E-state index contributed by atoms with van der Waals surface area (Å²) in [6.45, 7) is 0. The second kappa shape index (κ2) is 11.1. The minimum atomic E-state index is -0.868. The molecule has 0 amide bonds. The average Bonchev–Trinajstić information content (AvgIpc) is 3.72. The molecule has 0 aliphatic heterocycles. The van der Waals surface area contributed by atoms with Crippen molar-refractivity contribution in [2.24, 2.45) is 0 Å². The van der Waals surface area contributed by atoms with Gasteiger partial charge in [-0.1, -0.05) is 169 Å². The van der Waals surface area contributed by atoms with Gasteiger partial charge in [0.2, 0.25) is 0 Å². The monoisotopic (exact) mass is 641 g/mol. The SMILES string of the molecule is [2H]c1c([2H])c([2H])c(-c2c3c([2H])c([2H])c([2H])c([2H])c3c(-c3c([2H])c([2H])c(-c4ccc5oc6c(-c7ccccc7)cccc6c5c4)c4c([2H])c([2H])c([2H])c([2H])c34)c3c([2H])c([2H])c([2H])c([2H])c23)c([2H])c1[2H]. The summed E-state index contributed by atoms with van der Waals surface area (Å²) < 4.78 is 179. The van der Waals surface area contributed by atoms with Crippen LogP contribution in [0.2, 0.25) is 0 Å². The van der Waals surface area contributed by atoms with E-state index in [4.69, 9.17) is 19.5 Å². The number of hydrogen-bond donors (Lipinski definition) is 0. The molecule has 10 aromatic rings. The summed E-state index contributed by atoms with van der Waals surface area (Å²) in [6, 6.07) is 4.66. The van der Waals surface area contributed by atoms with Gasteiger partial charge >= 0.3 is 0 Å². The second-order valence-corrected chi connectivity index (χ2v) is 11.4. The third-order valence-corrected chi connectivity index (χ3v) is 8.75. The van der Waals surface area contributed by atoms with Crippen molar-refractivity contribution >= 4 is 54.3 Å². The van der Waals surface area contributed by atoms with E-state index in [1.165, 1.54) is 0 Å². The van der Waals surface area contributed by atoms with E-state index in [2.05, 4.69) is 0 Å². The van der Waals surface area contributed by atoms with Crippen LogP contribution < -0.4 is 0 Å². The quantitative estimate of drug-likeness (QED) is 0.174. The molecule has 0 bridgehead atoms. The summed E-state index contributed by atoms with van der Waals surface area (Å²) in [6.07, 6.45) is 0. The van der Waals surface area contributed by atoms with Crippen molar-refractivity contribution in [2.75, 3.05) is 0 Å². The van der Waals surface area contributed by atoms with E-state index in [0.29, 0.717) is 21.9 Å². The van der Waals surface area contributed by atoms with Gasteiger partial charge in [0.15, 0.2) is 0 Å². The summed E-state index contributed by atoms with van der Waals surface area (Å²) in [5, 5.41) is -1.72. The number of benzene rings is 9. The molecule has 9 aromatic carbocycles. The molecule has 0 fully saturated rings. The van der Waals surface area contributed by atoms with E-state index in [0.717, 1.165) is 11.1 Å². The first-order valence-electron chi connectivity index (χ1n) is 24.8. The molecule has 0 unspecified atom stereocenters. The molecule has 1 heteroatoms. The topological polar surface area (TPSA) is 13.1 Å².